The highest BCUT2D eigenvalue weighted by Gasteiger charge is 2.18. The van der Waals surface area contributed by atoms with E-state index in [1.807, 2.05) is 24.3 Å². The van der Waals surface area contributed by atoms with Gasteiger partial charge in [-0.25, -0.2) is 0 Å². The molecule has 2 atom stereocenters. The lowest BCUT2D eigenvalue weighted by molar-refractivity contribution is 0.0833. The van der Waals surface area contributed by atoms with Gasteiger partial charge in [-0.2, -0.15) is 0 Å². The monoisotopic (exact) mass is 296 g/mol. The molecule has 0 N–H and O–H groups in total. The van der Waals surface area contributed by atoms with Crippen LogP contribution in [0.2, 0.25) is 5.02 Å². The first kappa shape index (κ1) is 15.7. The summed E-state index contributed by atoms with van der Waals surface area (Å²) in [7, 11) is 0. The van der Waals surface area contributed by atoms with Crippen LogP contribution in [0.5, 0.6) is 5.75 Å². The highest BCUT2D eigenvalue weighted by molar-refractivity contribution is 6.32. The predicted molar refractivity (Wildman–Crippen MR) is 83.5 cm³/mol. The highest BCUT2D eigenvalue weighted by atomic mass is 35.5. The molecular weight excluding hydrogens is 272 g/mol. The van der Waals surface area contributed by atoms with E-state index < -0.39 is 0 Å². The summed E-state index contributed by atoms with van der Waals surface area (Å²) in [5.41, 5.74) is 0. The van der Waals surface area contributed by atoms with Gasteiger partial charge in [-0.15, -0.1) is 0 Å². The van der Waals surface area contributed by atoms with Gasteiger partial charge in [0.15, 0.2) is 0 Å². The Morgan fingerprint density at radius 2 is 2.00 bits per heavy atom. The van der Waals surface area contributed by atoms with Crippen LogP contribution in [0.3, 0.4) is 0 Å². The molecule has 112 valence electrons. The van der Waals surface area contributed by atoms with E-state index in [9.17, 15) is 0 Å². The van der Waals surface area contributed by atoms with E-state index in [-0.39, 0.29) is 0 Å². The molecule has 0 spiro atoms. The first-order valence-electron chi connectivity index (χ1n) is 7.71. The topological polar surface area (TPSA) is 18.5 Å². The molecule has 0 amide bonds. The maximum absolute atomic E-state index is 6.01. The highest BCUT2D eigenvalue weighted by Crippen LogP contribution is 2.30. The summed E-state index contributed by atoms with van der Waals surface area (Å²) in [6.07, 6.45) is 6.74. The van der Waals surface area contributed by atoms with Crippen LogP contribution < -0.4 is 4.74 Å². The molecule has 0 aromatic heterocycles. The fourth-order valence-electron chi connectivity index (χ4n) is 2.95. The Morgan fingerprint density at radius 1 is 1.15 bits per heavy atom. The van der Waals surface area contributed by atoms with Crippen molar-refractivity contribution < 1.29 is 9.47 Å². The van der Waals surface area contributed by atoms with Crippen molar-refractivity contribution in [1.29, 1.82) is 0 Å². The summed E-state index contributed by atoms with van der Waals surface area (Å²) in [5, 5.41) is 0.656. The van der Waals surface area contributed by atoms with Crippen molar-refractivity contribution in [3.05, 3.63) is 29.3 Å². The molecule has 0 heterocycles. The average molecular weight is 297 g/mol. The molecule has 2 rings (SSSR count). The molecule has 1 aliphatic carbocycles. The first-order chi connectivity index (χ1) is 9.75. The summed E-state index contributed by atoms with van der Waals surface area (Å²) >= 11 is 6.01. The fraction of sp³-hybridized carbons (Fsp3) is 0.647. The largest absolute Gasteiger partial charge is 0.490 e. The smallest absolute Gasteiger partial charge is 0.138 e. The van der Waals surface area contributed by atoms with Crippen molar-refractivity contribution in [2.24, 2.45) is 11.8 Å². The molecule has 1 aromatic carbocycles. The van der Waals surface area contributed by atoms with Crippen molar-refractivity contribution >= 4 is 11.6 Å². The first-order valence-corrected chi connectivity index (χ1v) is 8.08. The van der Waals surface area contributed by atoms with Crippen LogP contribution in [-0.2, 0) is 4.74 Å². The van der Waals surface area contributed by atoms with Gasteiger partial charge >= 0.3 is 0 Å². The third-order valence-electron chi connectivity index (χ3n) is 4.04. The van der Waals surface area contributed by atoms with E-state index in [2.05, 4.69) is 6.92 Å². The summed E-state index contributed by atoms with van der Waals surface area (Å²) in [6, 6.07) is 7.54. The van der Waals surface area contributed by atoms with Crippen LogP contribution in [-0.4, -0.2) is 19.8 Å². The lowest BCUT2D eigenvalue weighted by atomic mass is 9.81. The van der Waals surface area contributed by atoms with E-state index >= 15 is 0 Å². The fourth-order valence-corrected chi connectivity index (χ4v) is 3.14. The summed E-state index contributed by atoms with van der Waals surface area (Å²) in [6.45, 7) is 4.41. The van der Waals surface area contributed by atoms with Gasteiger partial charge in [0.1, 0.15) is 12.4 Å². The number of hydrogen-bond acceptors (Lipinski definition) is 2. The van der Waals surface area contributed by atoms with E-state index in [0.29, 0.717) is 18.2 Å². The van der Waals surface area contributed by atoms with Crippen molar-refractivity contribution in [2.45, 2.75) is 39.0 Å². The molecule has 0 bridgehead atoms. The minimum atomic E-state index is 0.560. The Labute approximate surface area is 127 Å². The maximum Gasteiger partial charge on any atom is 0.138 e. The van der Waals surface area contributed by atoms with Crippen LogP contribution in [0.15, 0.2) is 24.3 Å². The van der Waals surface area contributed by atoms with Gasteiger partial charge in [0.05, 0.1) is 11.6 Å². The molecular formula is C17H25ClO2. The molecule has 20 heavy (non-hydrogen) atoms. The molecule has 3 heteroatoms. The third-order valence-corrected chi connectivity index (χ3v) is 4.35. The van der Waals surface area contributed by atoms with Crippen LogP contribution in [0.4, 0.5) is 0 Å². The van der Waals surface area contributed by atoms with Crippen molar-refractivity contribution in [3.8, 4) is 5.75 Å². The van der Waals surface area contributed by atoms with Gasteiger partial charge in [0.2, 0.25) is 0 Å². The second kappa shape index (κ2) is 8.53. The molecule has 0 unspecified atom stereocenters. The lowest BCUT2D eigenvalue weighted by Crippen LogP contribution is -2.16. The molecule has 1 aromatic rings. The van der Waals surface area contributed by atoms with E-state index in [0.717, 1.165) is 24.2 Å². The maximum atomic E-state index is 6.01. The zero-order valence-corrected chi connectivity index (χ0v) is 13.1. The number of benzene rings is 1. The minimum absolute atomic E-state index is 0.560. The molecule has 1 aliphatic rings. The normalized spacial score (nSPS) is 22.7. The molecule has 1 saturated carbocycles. The van der Waals surface area contributed by atoms with Crippen LogP contribution in [0, 0.1) is 11.8 Å². The number of ether oxygens (including phenoxy) is 2. The third kappa shape index (κ3) is 5.34. The molecule has 0 saturated heterocycles. The van der Waals surface area contributed by atoms with E-state index in [1.54, 1.807) is 0 Å². The molecule has 2 nitrogen and oxygen atoms in total. The Kier molecular flexibility index (Phi) is 6.68. The quantitative estimate of drug-likeness (QED) is 0.663. The van der Waals surface area contributed by atoms with Gasteiger partial charge in [-0.1, -0.05) is 49.9 Å². The Bertz CT molecular complexity index is 394. The Hall–Kier alpha value is -0.730. The van der Waals surface area contributed by atoms with Gasteiger partial charge in [-0.3, -0.25) is 0 Å². The summed E-state index contributed by atoms with van der Waals surface area (Å²) < 4.78 is 11.3. The van der Waals surface area contributed by atoms with Gasteiger partial charge < -0.3 is 9.47 Å². The summed E-state index contributed by atoms with van der Waals surface area (Å²) in [4.78, 5) is 0. The molecule has 0 aliphatic heterocycles. The number of hydrogen-bond donors (Lipinski definition) is 0. The SMILES string of the molecule is C[C@H]1CCC[C@@H](CCOCCOc2ccccc2Cl)C1. The zero-order chi connectivity index (χ0) is 14.2. The van der Waals surface area contributed by atoms with Crippen molar-refractivity contribution in [3.63, 3.8) is 0 Å². The second-order valence-corrected chi connectivity index (χ2v) is 6.22. The second-order valence-electron chi connectivity index (χ2n) is 5.82. The summed E-state index contributed by atoms with van der Waals surface area (Å²) in [5.74, 6) is 2.50. The number of para-hydroxylation sites is 1. The van der Waals surface area contributed by atoms with Crippen molar-refractivity contribution in [2.75, 3.05) is 19.8 Å². The Balaban J connectivity index is 1.53. The average Bonchev–Trinajstić information content (AvgIpc) is 2.44. The molecule has 0 radical (unpaired) electrons. The van der Waals surface area contributed by atoms with Gasteiger partial charge in [-0.05, 0) is 36.8 Å². The lowest BCUT2D eigenvalue weighted by Gasteiger charge is -2.26. The van der Waals surface area contributed by atoms with E-state index in [4.69, 9.17) is 21.1 Å². The number of rotatable bonds is 7. The minimum Gasteiger partial charge on any atom is -0.490 e. The Morgan fingerprint density at radius 3 is 2.80 bits per heavy atom. The van der Waals surface area contributed by atoms with Crippen LogP contribution in [0.1, 0.15) is 39.0 Å². The molecule has 1 fully saturated rings. The predicted octanol–water partition coefficient (Wildman–Crippen LogP) is 4.95. The van der Waals surface area contributed by atoms with Crippen LogP contribution >= 0.6 is 11.6 Å². The van der Waals surface area contributed by atoms with Gasteiger partial charge in [0.25, 0.3) is 0 Å². The standard InChI is InChI=1S/C17H25ClO2/c1-14-5-4-6-15(13-14)9-10-19-11-12-20-17-8-3-2-7-16(17)18/h2-3,7-8,14-15H,4-6,9-13H2,1H3/t14-,15-/m0/s1. The van der Waals surface area contributed by atoms with E-state index in [1.165, 1.54) is 32.1 Å². The van der Waals surface area contributed by atoms with Crippen molar-refractivity contribution in [1.82, 2.24) is 0 Å². The van der Waals surface area contributed by atoms with Crippen LogP contribution in [0.25, 0.3) is 0 Å². The number of halogens is 1. The zero-order valence-electron chi connectivity index (χ0n) is 12.3. The van der Waals surface area contributed by atoms with Gasteiger partial charge in [0, 0.05) is 6.61 Å².